The SMILES string of the molecule is CCO/N=C(\C)c1ccc(C)nc1.Cl. The van der Waals surface area contributed by atoms with Gasteiger partial charge in [0, 0.05) is 17.5 Å². The summed E-state index contributed by atoms with van der Waals surface area (Å²) in [6, 6.07) is 3.94. The van der Waals surface area contributed by atoms with E-state index in [-0.39, 0.29) is 12.4 Å². The first kappa shape index (κ1) is 12.9. The largest absolute Gasteiger partial charge is 0.396 e. The molecule has 14 heavy (non-hydrogen) atoms. The summed E-state index contributed by atoms with van der Waals surface area (Å²) in [5.74, 6) is 0. The fraction of sp³-hybridized carbons (Fsp3) is 0.400. The van der Waals surface area contributed by atoms with Gasteiger partial charge in [-0.05, 0) is 32.9 Å². The first-order valence-corrected chi connectivity index (χ1v) is 4.33. The van der Waals surface area contributed by atoms with Gasteiger partial charge >= 0.3 is 0 Å². The van der Waals surface area contributed by atoms with Crippen molar-refractivity contribution in [3.05, 3.63) is 29.6 Å². The van der Waals surface area contributed by atoms with Crippen LogP contribution in [0.2, 0.25) is 0 Å². The second kappa shape index (κ2) is 6.38. The number of pyridine rings is 1. The quantitative estimate of drug-likeness (QED) is 0.573. The minimum absolute atomic E-state index is 0. The predicted molar refractivity (Wildman–Crippen MR) is 60.1 cm³/mol. The summed E-state index contributed by atoms with van der Waals surface area (Å²) in [7, 11) is 0. The van der Waals surface area contributed by atoms with Crippen molar-refractivity contribution in [1.29, 1.82) is 0 Å². The molecule has 0 aliphatic rings. The molecule has 0 saturated heterocycles. The van der Waals surface area contributed by atoms with Crippen LogP contribution in [0.4, 0.5) is 0 Å². The first-order chi connectivity index (χ1) is 6.24. The molecule has 0 N–H and O–H groups in total. The van der Waals surface area contributed by atoms with Gasteiger partial charge in [0.05, 0.1) is 5.71 Å². The van der Waals surface area contributed by atoms with Crippen molar-refractivity contribution >= 4 is 18.1 Å². The molecule has 1 aromatic rings. The fourth-order valence-electron chi connectivity index (χ4n) is 0.896. The van der Waals surface area contributed by atoms with E-state index in [1.807, 2.05) is 32.9 Å². The Morgan fingerprint density at radius 2 is 2.21 bits per heavy atom. The van der Waals surface area contributed by atoms with Crippen LogP contribution in [0.5, 0.6) is 0 Å². The van der Waals surface area contributed by atoms with E-state index in [9.17, 15) is 0 Å². The maximum absolute atomic E-state index is 4.94. The minimum Gasteiger partial charge on any atom is -0.396 e. The van der Waals surface area contributed by atoms with Crippen LogP contribution in [0.1, 0.15) is 25.1 Å². The van der Waals surface area contributed by atoms with Gasteiger partial charge in [-0.3, -0.25) is 4.98 Å². The van der Waals surface area contributed by atoms with Crippen LogP contribution < -0.4 is 0 Å². The standard InChI is InChI=1S/C10H14N2O.ClH/c1-4-13-12-9(3)10-6-5-8(2)11-7-10;/h5-7H,4H2,1-3H3;1H/b12-9+;. The second-order valence-corrected chi connectivity index (χ2v) is 2.78. The number of halogens is 1. The Hall–Kier alpha value is -1.09. The van der Waals surface area contributed by atoms with Gasteiger partial charge in [-0.1, -0.05) is 5.16 Å². The molecule has 0 atom stereocenters. The van der Waals surface area contributed by atoms with E-state index in [0.717, 1.165) is 17.0 Å². The third-order valence-corrected chi connectivity index (χ3v) is 1.66. The number of oxime groups is 1. The van der Waals surface area contributed by atoms with Crippen LogP contribution in [0.3, 0.4) is 0 Å². The van der Waals surface area contributed by atoms with Crippen molar-refractivity contribution in [3.8, 4) is 0 Å². The van der Waals surface area contributed by atoms with E-state index >= 15 is 0 Å². The second-order valence-electron chi connectivity index (χ2n) is 2.78. The van der Waals surface area contributed by atoms with Crippen LogP contribution in [0, 0.1) is 6.92 Å². The van der Waals surface area contributed by atoms with Gasteiger partial charge in [0.25, 0.3) is 0 Å². The highest BCUT2D eigenvalue weighted by Crippen LogP contribution is 2.01. The lowest BCUT2D eigenvalue weighted by atomic mass is 10.2. The minimum atomic E-state index is 0. The Labute approximate surface area is 90.6 Å². The molecule has 4 heteroatoms. The molecule has 0 amide bonds. The summed E-state index contributed by atoms with van der Waals surface area (Å²) in [6.45, 7) is 6.36. The van der Waals surface area contributed by atoms with Gasteiger partial charge < -0.3 is 4.84 Å². The molecule has 1 aromatic heterocycles. The van der Waals surface area contributed by atoms with E-state index in [4.69, 9.17) is 4.84 Å². The maximum atomic E-state index is 4.94. The summed E-state index contributed by atoms with van der Waals surface area (Å²) in [5.41, 5.74) is 2.86. The molecule has 0 spiro atoms. The number of rotatable bonds is 3. The summed E-state index contributed by atoms with van der Waals surface area (Å²) in [4.78, 5) is 9.11. The summed E-state index contributed by atoms with van der Waals surface area (Å²) >= 11 is 0. The zero-order valence-corrected chi connectivity index (χ0v) is 9.47. The molecule has 0 aromatic carbocycles. The zero-order chi connectivity index (χ0) is 9.68. The Morgan fingerprint density at radius 3 is 2.71 bits per heavy atom. The van der Waals surface area contributed by atoms with E-state index in [0.29, 0.717) is 6.61 Å². The van der Waals surface area contributed by atoms with Crippen molar-refractivity contribution in [1.82, 2.24) is 4.98 Å². The third kappa shape index (κ3) is 3.75. The normalized spacial score (nSPS) is 10.6. The smallest absolute Gasteiger partial charge is 0.114 e. The van der Waals surface area contributed by atoms with Crippen LogP contribution in [0.15, 0.2) is 23.5 Å². The van der Waals surface area contributed by atoms with Gasteiger partial charge in [0.15, 0.2) is 0 Å². The molecule has 0 radical (unpaired) electrons. The topological polar surface area (TPSA) is 34.5 Å². The van der Waals surface area contributed by atoms with Gasteiger partial charge in [0.2, 0.25) is 0 Å². The molecule has 0 fully saturated rings. The van der Waals surface area contributed by atoms with Crippen LogP contribution in [0.25, 0.3) is 0 Å². The number of nitrogens with zero attached hydrogens (tertiary/aromatic N) is 2. The van der Waals surface area contributed by atoms with Gasteiger partial charge in [-0.2, -0.15) is 0 Å². The molecule has 1 heterocycles. The van der Waals surface area contributed by atoms with Crippen LogP contribution in [-0.4, -0.2) is 17.3 Å². The molecule has 0 aliphatic carbocycles. The average Bonchev–Trinajstić information content (AvgIpc) is 2.15. The monoisotopic (exact) mass is 214 g/mol. The zero-order valence-electron chi connectivity index (χ0n) is 8.65. The summed E-state index contributed by atoms with van der Waals surface area (Å²) < 4.78 is 0. The molecule has 0 unspecified atom stereocenters. The highest BCUT2D eigenvalue weighted by atomic mass is 35.5. The average molecular weight is 215 g/mol. The third-order valence-electron chi connectivity index (χ3n) is 1.66. The maximum Gasteiger partial charge on any atom is 0.114 e. The Kier molecular flexibility index (Phi) is 5.88. The Bertz CT molecular complexity index is 295. The fourth-order valence-corrected chi connectivity index (χ4v) is 0.896. The van der Waals surface area contributed by atoms with Crippen LogP contribution >= 0.6 is 12.4 Å². The van der Waals surface area contributed by atoms with Crippen LogP contribution in [-0.2, 0) is 4.84 Å². The van der Waals surface area contributed by atoms with E-state index in [1.54, 1.807) is 6.20 Å². The lowest BCUT2D eigenvalue weighted by Gasteiger charge is -2.00. The van der Waals surface area contributed by atoms with Crippen molar-refractivity contribution in [2.45, 2.75) is 20.8 Å². The van der Waals surface area contributed by atoms with Gasteiger partial charge in [0.1, 0.15) is 6.61 Å². The van der Waals surface area contributed by atoms with E-state index in [2.05, 4.69) is 10.1 Å². The number of aromatic nitrogens is 1. The highest BCUT2D eigenvalue weighted by Gasteiger charge is 1.97. The van der Waals surface area contributed by atoms with Gasteiger partial charge in [-0.25, -0.2) is 0 Å². The molecule has 0 bridgehead atoms. The van der Waals surface area contributed by atoms with Crippen molar-refractivity contribution in [2.75, 3.05) is 6.61 Å². The molecule has 0 saturated carbocycles. The molecular weight excluding hydrogens is 200 g/mol. The number of aryl methyl sites for hydroxylation is 1. The Balaban J connectivity index is 0.00000169. The lowest BCUT2D eigenvalue weighted by Crippen LogP contribution is -1.97. The van der Waals surface area contributed by atoms with E-state index in [1.165, 1.54) is 0 Å². The van der Waals surface area contributed by atoms with Crippen molar-refractivity contribution < 1.29 is 4.84 Å². The number of hydrogen-bond donors (Lipinski definition) is 0. The van der Waals surface area contributed by atoms with Crippen molar-refractivity contribution in [3.63, 3.8) is 0 Å². The summed E-state index contributed by atoms with van der Waals surface area (Å²) in [6.07, 6.45) is 1.80. The van der Waals surface area contributed by atoms with Crippen molar-refractivity contribution in [2.24, 2.45) is 5.16 Å². The molecule has 1 rings (SSSR count). The number of hydrogen-bond acceptors (Lipinski definition) is 3. The molecule has 0 aliphatic heterocycles. The summed E-state index contributed by atoms with van der Waals surface area (Å²) in [5, 5.41) is 3.92. The first-order valence-electron chi connectivity index (χ1n) is 4.33. The predicted octanol–water partition coefficient (Wildman–Crippen LogP) is 2.57. The molecular formula is C10H15ClN2O. The Morgan fingerprint density at radius 1 is 1.50 bits per heavy atom. The van der Waals surface area contributed by atoms with Gasteiger partial charge in [-0.15, -0.1) is 12.4 Å². The van der Waals surface area contributed by atoms with E-state index < -0.39 is 0 Å². The molecule has 78 valence electrons. The highest BCUT2D eigenvalue weighted by molar-refractivity contribution is 5.97. The lowest BCUT2D eigenvalue weighted by molar-refractivity contribution is 0.159. The molecule has 3 nitrogen and oxygen atoms in total.